The van der Waals surface area contributed by atoms with Crippen LogP contribution in [0.2, 0.25) is 0 Å². The van der Waals surface area contributed by atoms with Gasteiger partial charge in [-0.15, -0.1) is 12.4 Å². The van der Waals surface area contributed by atoms with Gasteiger partial charge in [-0.25, -0.2) is 4.39 Å². The van der Waals surface area contributed by atoms with Gasteiger partial charge in [-0.05, 0) is 13.0 Å². The highest BCUT2D eigenvalue weighted by atomic mass is 35.5. The maximum Gasteiger partial charge on any atom is 0.323 e. The number of nitrogens with one attached hydrogen (secondary N) is 1. The SMILES string of the molecule is Cl.O=C(O)C1NCCC1F. The fourth-order valence-corrected chi connectivity index (χ4v) is 0.913. The molecule has 0 spiro atoms. The lowest BCUT2D eigenvalue weighted by Gasteiger charge is -2.04. The number of rotatable bonds is 1. The maximum absolute atomic E-state index is 12.4. The van der Waals surface area contributed by atoms with Crippen LogP contribution < -0.4 is 5.32 Å². The fraction of sp³-hybridized carbons (Fsp3) is 0.800. The summed E-state index contributed by atoms with van der Waals surface area (Å²) in [6.07, 6.45) is -0.890. The summed E-state index contributed by atoms with van der Waals surface area (Å²) in [6, 6.07) is -0.968. The van der Waals surface area contributed by atoms with Crippen LogP contribution in [0.25, 0.3) is 0 Å². The molecule has 5 heteroatoms. The molecule has 10 heavy (non-hydrogen) atoms. The number of hydrogen-bond donors (Lipinski definition) is 2. The Morgan fingerprint density at radius 1 is 1.70 bits per heavy atom. The number of carboxylic acids is 1. The summed E-state index contributed by atoms with van der Waals surface area (Å²) in [4.78, 5) is 10.1. The molecule has 1 rings (SSSR count). The molecule has 60 valence electrons. The van der Waals surface area contributed by atoms with E-state index in [4.69, 9.17) is 5.11 Å². The number of carbonyl (C=O) groups is 1. The van der Waals surface area contributed by atoms with Gasteiger partial charge >= 0.3 is 5.97 Å². The third-order valence-electron chi connectivity index (χ3n) is 1.41. The lowest BCUT2D eigenvalue weighted by atomic mass is 10.2. The molecule has 0 aromatic carbocycles. The first-order chi connectivity index (χ1) is 4.22. The highest BCUT2D eigenvalue weighted by Crippen LogP contribution is 2.10. The van der Waals surface area contributed by atoms with Gasteiger partial charge in [0.15, 0.2) is 0 Å². The van der Waals surface area contributed by atoms with Crippen molar-refractivity contribution < 1.29 is 14.3 Å². The van der Waals surface area contributed by atoms with Gasteiger partial charge in [-0.1, -0.05) is 0 Å². The van der Waals surface area contributed by atoms with E-state index in [1.807, 2.05) is 0 Å². The second-order valence-corrected chi connectivity index (χ2v) is 2.07. The van der Waals surface area contributed by atoms with Gasteiger partial charge in [-0.2, -0.15) is 0 Å². The van der Waals surface area contributed by atoms with Gasteiger partial charge in [0.2, 0.25) is 0 Å². The fourth-order valence-electron chi connectivity index (χ4n) is 0.913. The van der Waals surface area contributed by atoms with Crippen molar-refractivity contribution >= 4 is 18.4 Å². The summed E-state index contributed by atoms with van der Waals surface area (Å²) in [7, 11) is 0. The minimum Gasteiger partial charge on any atom is -0.480 e. The first kappa shape index (κ1) is 9.65. The van der Waals surface area contributed by atoms with Crippen LogP contribution >= 0.6 is 12.4 Å². The standard InChI is InChI=1S/C5H8FNO2.ClH/c6-3-1-2-7-4(3)5(8)9;/h3-4,7H,1-2H2,(H,8,9);1H. The average molecular weight is 170 g/mol. The molecule has 1 heterocycles. The Labute approximate surface area is 64.0 Å². The van der Waals surface area contributed by atoms with Crippen LogP contribution in [0.5, 0.6) is 0 Å². The van der Waals surface area contributed by atoms with Gasteiger partial charge in [-0.3, -0.25) is 4.79 Å². The summed E-state index contributed by atoms with van der Waals surface area (Å²) in [5.41, 5.74) is 0. The number of hydrogen-bond acceptors (Lipinski definition) is 2. The Bertz CT molecular complexity index is 133. The van der Waals surface area contributed by atoms with E-state index in [9.17, 15) is 9.18 Å². The van der Waals surface area contributed by atoms with Crippen molar-refractivity contribution in [1.29, 1.82) is 0 Å². The summed E-state index contributed by atoms with van der Waals surface area (Å²) >= 11 is 0. The maximum atomic E-state index is 12.4. The molecule has 2 unspecified atom stereocenters. The Kier molecular flexibility index (Phi) is 3.60. The monoisotopic (exact) mass is 169 g/mol. The molecular weight excluding hydrogens is 161 g/mol. The Morgan fingerprint density at radius 3 is 2.50 bits per heavy atom. The molecular formula is C5H9ClFNO2. The first-order valence-electron chi connectivity index (χ1n) is 2.82. The van der Waals surface area contributed by atoms with E-state index in [1.165, 1.54) is 0 Å². The predicted molar refractivity (Wildman–Crippen MR) is 36.2 cm³/mol. The van der Waals surface area contributed by atoms with Crippen LogP contribution in [0, 0.1) is 0 Å². The summed E-state index contributed by atoms with van der Waals surface area (Å²) < 4.78 is 12.4. The van der Waals surface area contributed by atoms with E-state index in [2.05, 4.69) is 5.32 Å². The Morgan fingerprint density at radius 2 is 2.30 bits per heavy atom. The molecule has 0 aromatic rings. The molecule has 1 aliphatic heterocycles. The normalized spacial score (nSPS) is 31.3. The van der Waals surface area contributed by atoms with E-state index < -0.39 is 18.2 Å². The van der Waals surface area contributed by atoms with Crippen molar-refractivity contribution in [2.45, 2.75) is 18.6 Å². The number of carboxylic acid groups (broad SMARTS) is 1. The van der Waals surface area contributed by atoms with Crippen molar-refractivity contribution in [3.8, 4) is 0 Å². The smallest absolute Gasteiger partial charge is 0.323 e. The van der Waals surface area contributed by atoms with Crippen molar-refractivity contribution in [3.63, 3.8) is 0 Å². The zero-order valence-corrected chi connectivity index (χ0v) is 6.03. The molecule has 0 aliphatic carbocycles. The summed E-state index contributed by atoms with van der Waals surface area (Å²) in [5.74, 6) is -1.10. The zero-order chi connectivity index (χ0) is 6.85. The molecule has 2 atom stereocenters. The van der Waals surface area contributed by atoms with E-state index in [0.29, 0.717) is 13.0 Å². The minimum atomic E-state index is -1.21. The molecule has 1 fully saturated rings. The molecule has 2 N–H and O–H groups in total. The molecule has 0 radical (unpaired) electrons. The van der Waals surface area contributed by atoms with Gasteiger partial charge in [0.05, 0.1) is 0 Å². The van der Waals surface area contributed by atoms with Crippen LogP contribution in [0.4, 0.5) is 4.39 Å². The lowest BCUT2D eigenvalue weighted by molar-refractivity contribution is -0.140. The zero-order valence-electron chi connectivity index (χ0n) is 5.21. The van der Waals surface area contributed by atoms with Crippen LogP contribution in [-0.2, 0) is 4.79 Å². The van der Waals surface area contributed by atoms with Crippen LogP contribution in [0.3, 0.4) is 0 Å². The third-order valence-corrected chi connectivity index (χ3v) is 1.41. The van der Waals surface area contributed by atoms with Crippen LogP contribution in [0.1, 0.15) is 6.42 Å². The quantitative estimate of drug-likeness (QED) is 0.589. The number of halogens is 2. The number of alkyl halides is 1. The van der Waals surface area contributed by atoms with E-state index >= 15 is 0 Å². The summed E-state index contributed by atoms with van der Waals surface area (Å²) in [5, 5.41) is 10.8. The highest BCUT2D eigenvalue weighted by molar-refractivity contribution is 5.85. The van der Waals surface area contributed by atoms with Crippen molar-refractivity contribution in [2.24, 2.45) is 0 Å². The van der Waals surface area contributed by atoms with Crippen molar-refractivity contribution in [3.05, 3.63) is 0 Å². The topological polar surface area (TPSA) is 49.3 Å². The molecule has 0 bridgehead atoms. The molecule has 1 aliphatic rings. The largest absolute Gasteiger partial charge is 0.480 e. The minimum absolute atomic E-state index is 0. The molecule has 3 nitrogen and oxygen atoms in total. The Balaban J connectivity index is 0.000000810. The van der Waals surface area contributed by atoms with E-state index in [-0.39, 0.29) is 12.4 Å². The second kappa shape index (κ2) is 3.73. The Hall–Kier alpha value is -0.350. The second-order valence-electron chi connectivity index (χ2n) is 2.07. The van der Waals surface area contributed by atoms with Gasteiger partial charge in [0.1, 0.15) is 12.2 Å². The van der Waals surface area contributed by atoms with Crippen molar-refractivity contribution in [1.82, 2.24) is 5.32 Å². The van der Waals surface area contributed by atoms with Crippen molar-refractivity contribution in [2.75, 3.05) is 6.54 Å². The molecule has 1 saturated heterocycles. The summed E-state index contributed by atoms with van der Waals surface area (Å²) in [6.45, 7) is 0.470. The lowest BCUT2D eigenvalue weighted by Crippen LogP contribution is -2.36. The van der Waals surface area contributed by atoms with Gasteiger partial charge in [0, 0.05) is 0 Å². The van der Waals surface area contributed by atoms with Crippen LogP contribution in [0.15, 0.2) is 0 Å². The molecule has 0 saturated carbocycles. The average Bonchev–Trinajstić information content (AvgIpc) is 2.13. The van der Waals surface area contributed by atoms with Gasteiger partial charge in [0.25, 0.3) is 0 Å². The van der Waals surface area contributed by atoms with E-state index in [0.717, 1.165) is 0 Å². The third kappa shape index (κ3) is 1.82. The van der Waals surface area contributed by atoms with Crippen LogP contribution in [-0.4, -0.2) is 29.8 Å². The molecule has 0 amide bonds. The first-order valence-corrected chi connectivity index (χ1v) is 2.82. The van der Waals surface area contributed by atoms with E-state index in [1.54, 1.807) is 0 Å². The number of aliphatic carboxylic acids is 1. The van der Waals surface area contributed by atoms with Gasteiger partial charge < -0.3 is 10.4 Å². The predicted octanol–water partition coefficient (Wildman–Crippen LogP) is 0.193. The highest BCUT2D eigenvalue weighted by Gasteiger charge is 2.32. The molecule has 0 aromatic heterocycles.